The number of aromatic nitrogens is 1. The number of ether oxygens (including phenoxy) is 4. The van der Waals surface area contributed by atoms with Crippen LogP contribution in [0.5, 0.6) is 11.6 Å². The van der Waals surface area contributed by atoms with Crippen LogP contribution in [-0.2, 0) is 16.1 Å². The van der Waals surface area contributed by atoms with Gasteiger partial charge in [-0.1, -0.05) is 67.6 Å². The Morgan fingerprint density at radius 3 is 1.84 bits per heavy atom. The third-order valence-corrected chi connectivity index (χ3v) is 9.70. The predicted octanol–water partition coefficient (Wildman–Crippen LogP) is 8.40. The van der Waals surface area contributed by atoms with E-state index >= 15 is 0 Å². The van der Waals surface area contributed by atoms with Crippen LogP contribution in [-0.4, -0.2) is 46.6 Å². The Morgan fingerprint density at radius 2 is 1.33 bits per heavy atom. The second-order valence-electron chi connectivity index (χ2n) is 11.6. The lowest BCUT2D eigenvalue weighted by Gasteiger charge is -2.42. The highest BCUT2D eigenvalue weighted by atomic mass is 79.9. The summed E-state index contributed by atoms with van der Waals surface area (Å²) in [5.74, 6) is -2.21. The zero-order valence-electron chi connectivity index (χ0n) is 26.9. The highest BCUT2D eigenvalue weighted by Crippen LogP contribution is 2.52. The van der Waals surface area contributed by atoms with Gasteiger partial charge in [0.05, 0.1) is 16.7 Å². The SMILES string of the molecule is CCCCC[C@H]1Oc2c(c(OC(=O)c3ccc(Br)cc3)n(OC)c2COC(=O)c2ccc(Br)cc2)[C@@H](OC(=O)c2ccc(Br)cc2)[C@@]1(C)O. The van der Waals surface area contributed by atoms with E-state index in [0.717, 1.165) is 31.0 Å². The van der Waals surface area contributed by atoms with E-state index in [4.69, 9.17) is 23.8 Å². The number of hydrogen-bond acceptors (Lipinski definition) is 9. The van der Waals surface area contributed by atoms with Crippen LogP contribution in [0.15, 0.2) is 86.2 Å². The number of carbonyl (C=O) groups excluding carboxylic acids is 3. The van der Waals surface area contributed by atoms with E-state index in [0.29, 0.717) is 18.4 Å². The molecule has 0 aliphatic carbocycles. The van der Waals surface area contributed by atoms with Gasteiger partial charge in [0.25, 0.3) is 0 Å². The first-order chi connectivity index (χ1) is 23.4. The summed E-state index contributed by atoms with van der Waals surface area (Å²) in [6, 6.07) is 19.7. The summed E-state index contributed by atoms with van der Waals surface area (Å²) in [5.41, 5.74) is -0.828. The van der Waals surface area contributed by atoms with Crippen LogP contribution in [0.25, 0.3) is 0 Å². The smallest absolute Gasteiger partial charge is 0.344 e. The van der Waals surface area contributed by atoms with Gasteiger partial charge in [0, 0.05) is 13.4 Å². The van der Waals surface area contributed by atoms with Crippen LogP contribution in [0.3, 0.4) is 0 Å². The molecule has 0 radical (unpaired) electrons. The zero-order valence-corrected chi connectivity index (χ0v) is 31.7. The number of aliphatic hydroxyl groups is 1. The molecule has 1 aromatic heterocycles. The zero-order chi connectivity index (χ0) is 35.3. The van der Waals surface area contributed by atoms with Crippen LogP contribution in [0, 0.1) is 0 Å². The summed E-state index contributed by atoms with van der Waals surface area (Å²) in [5, 5.41) is 12.2. The van der Waals surface area contributed by atoms with Crippen molar-refractivity contribution >= 4 is 65.7 Å². The molecule has 13 heteroatoms. The fourth-order valence-corrected chi connectivity index (χ4v) is 6.27. The van der Waals surface area contributed by atoms with Crippen molar-refractivity contribution < 1.29 is 43.3 Å². The molecule has 0 amide bonds. The van der Waals surface area contributed by atoms with Gasteiger partial charge in [0.15, 0.2) is 11.9 Å². The largest absolute Gasteiger partial charge is 0.484 e. The van der Waals surface area contributed by atoms with Crippen molar-refractivity contribution in [3.8, 4) is 11.6 Å². The van der Waals surface area contributed by atoms with Gasteiger partial charge in [0.1, 0.15) is 36.7 Å². The van der Waals surface area contributed by atoms with Crippen molar-refractivity contribution in [1.82, 2.24) is 4.73 Å². The minimum Gasteiger partial charge on any atom is -0.484 e. The Hall–Kier alpha value is -3.65. The molecule has 0 spiro atoms. The Morgan fingerprint density at radius 1 is 0.816 bits per heavy atom. The van der Waals surface area contributed by atoms with Crippen molar-refractivity contribution in [3.63, 3.8) is 0 Å². The standard InChI is InChI=1S/C36H34Br3NO9/c1-4-5-6-7-28-36(2,44)31(48-34(42)22-10-16-25(38)17-11-22)29-30(47-28)27(20-46-33(41)21-8-14-24(37)15-9-21)40(45-3)32(29)49-35(43)23-12-18-26(39)19-13-23/h8-19,28,31,44H,4-7,20H2,1-3H3/t28-,31-,36+/m1/s1. The Balaban J connectivity index is 1.63. The normalized spacial score (nSPS) is 18.2. The van der Waals surface area contributed by atoms with Gasteiger partial charge in [-0.05, 0) is 92.6 Å². The molecule has 258 valence electrons. The maximum absolute atomic E-state index is 13.6. The van der Waals surface area contributed by atoms with Gasteiger partial charge in [-0.2, -0.15) is 0 Å². The summed E-state index contributed by atoms with van der Waals surface area (Å²) in [4.78, 5) is 46.0. The van der Waals surface area contributed by atoms with Gasteiger partial charge in [-0.3, -0.25) is 0 Å². The van der Waals surface area contributed by atoms with E-state index in [1.54, 1.807) is 72.8 Å². The fourth-order valence-electron chi connectivity index (χ4n) is 5.48. The molecule has 10 nitrogen and oxygen atoms in total. The van der Waals surface area contributed by atoms with E-state index < -0.39 is 35.7 Å². The first-order valence-corrected chi connectivity index (χ1v) is 17.9. The second-order valence-corrected chi connectivity index (χ2v) is 14.3. The molecule has 3 aromatic carbocycles. The average molecular weight is 864 g/mol. The summed E-state index contributed by atoms with van der Waals surface area (Å²) in [6.07, 6.45) is 0.664. The topological polar surface area (TPSA) is 123 Å². The lowest BCUT2D eigenvalue weighted by Crippen LogP contribution is -2.52. The third-order valence-electron chi connectivity index (χ3n) is 8.12. The van der Waals surface area contributed by atoms with Crippen LogP contribution >= 0.6 is 47.8 Å². The minimum atomic E-state index is -1.80. The summed E-state index contributed by atoms with van der Waals surface area (Å²) < 4.78 is 27.7. The summed E-state index contributed by atoms with van der Waals surface area (Å²) in [7, 11) is 1.34. The number of benzene rings is 3. The van der Waals surface area contributed by atoms with E-state index in [-0.39, 0.29) is 40.6 Å². The van der Waals surface area contributed by atoms with E-state index in [1.807, 2.05) is 0 Å². The maximum atomic E-state index is 13.6. The molecule has 0 saturated carbocycles. The van der Waals surface area contributed by atoms with Gasteiger partial charge in [0.2, 0.25) is 5.88 Å². The van der Waals surface area contributed by atoms with Crippen LogP contribution in [0.2, 0.25) is 0 Å². The first kappa shape index (κ1) is 36.6. The number of unbranched alkanes of at least 4 members (excludes halogenated alkanes) is 2. The number of hydrogen-bond donors (Lipinski definition) is 1. The number of esters is 3. The highest BCUT2D eigenvalue weighted by molar-refractivity contribution is 9.11. The molecule has 0 unspecified atom stereocenters. The van der Waals surface area contributed by atoms with Crippen molar-refractivity contribution in [2.45, 2.75) is 63.9 Å². The predicted molar refractivity (Wildman–Crippen MR) is 191 cm³/mol. The molecule has 1 aliphatic heterocycles. The summed E-state index contributed by atoms with van der Waals surface area (Å²) in [6.45, 7) is 3.20. The lowest BCUT2D eigenvalue weighted by molar-refractivity contribution is -0.148. The highest BCUT2D eigenvalue weighted by Gasteiger charge is 2.54. The van der Waals surface area contributed by atoms with Crippen molar-refractivity contribution in [2.24, 2.45) is 0 Å². The molecule has 1 N–H and O–H groups in total. The Bertz CT molecular complexity index is 1800. The number of halogens is 3. The minimum absolute atomic E-state index is 0.0456. The fraction of sp³-hybridized carbons (Fsp3) is 0.306. The van der Waals surface area contributed by atoms with E-state index in [1.165, 1.54) is 14.0 Å². The molecule has 1 aliphatic rings. The van der Waals surface area contributed by atoms with Crippen molar-refractivity contribution in [3.05, 3.63) is 114 Å². The van der Waals surface area contributed by atoms with E-state index in [2.05, 4.69) is 54.7 Å². The van der Waals surface area contributed by atoms with Crippen LogP contribution < -0.4 is 14.3 Å². The molecular formula is C36H34Br3NO9. The summed E-state index contributed by atoms with van der Waals surface area (Å²) >= 11 is 10.1. The van der Waals surface area contributed by atoms with Crippen molar-refractivity contribution in [2.75, 3.05) is 7.11 Å². The second kappa shape index (κ2) is 15.9. The quantitative estimate of drug-likeness (QED) is 0.111. The van der Waals surface area contributed by atoms with Gasteiger partial charge in [-0.25, -0.2) is 14.4 Å². The van der Waals surface area contributed by atoms with Crippen LogP contribution in [0.4, 0.5) is 0 Å². The molecule has 0 bridgehead atoms. The molecule has 0 saturated heterocycles. The number of carbonyl (C=O) groups is 3. The number of nitrogens with zero attached hydrogens (tertiary/aromatic N) is 1. The monoisotopic (exact) mass is 861 g/mol. The van der Waals surface area contributed by atoms with Gasteiger partial charge < -0.3 is 28.9 Å². The molecule has 49 heavy (non-hydrogen) atoms. The third kappa shape index (κ3) is 8.22. The molecule has 2 heterocycles. The van der Waals surface area contributed by atoms with Gasteiger partial charge in [-0.15, -0.1) is 4.73 Å². The molecule has 5 rings (SSSR count). The number of rotatable bonds is 12. The first-order valence-electron chi connectivity index (χ1n) is 15.5. The maximum Gasteiger partial charge on any atom is 0.344 e. The Labute approximate surface area is 309 Å². The molecule has 4 aromatic rings. The van der Waals surface area contributed by atoms with Crippen LogP contribution in [0.1, 0.15) is 88.0 Å². The number of fused-ring (bicyclic) bond motifs is 1. The van der Waals surface area contributed by atoms with Crippen molar-refractivity contribution in [1.29, 1.82) is 0 Å². The van der Waals surface area contributed by atoms with Gasteiger partial charge >= 0.3 is 17.9 Å². The molecular weight excluding hydrogens is 830 g/mol. The molecule has 0 fully saturated rings. The lowest BCUT2D eigenvalue weighted by atomic mass is 9.83. The average Bonchev–Trinajstić information content (AvgIpc) is 3.37. The van der Waals surface area contributed by atoms with E-state index in [9.17, 15) is 19.5 Å². The Kier molecular flexibility index (Phi) is 11.9. The molecule has 3 atom stereocenters.